The summed E-state index contributed by atoms with van der Waals surface area (Å²) < 4.78 is 10.2. The number of methoxy groups -OCH3 is 2. The van der Waals surface area contributed by atoms with Crippen molar-refractivity contribution in [2.24, 2.45) is 17.6 Å². The maximum absolute atomic E-state index is 12.7. The predicted molar refractivity (Wildman–Crippen MR) is 79.4 cm³/mol. The standard InChI is InChI=1S/C15H30N2O3/c1-12-6-4-7-13(14(12)16)15(18)17(9-11-20-3)8-5-10-19-2/h12-14H,4-11,16H2,1-3H3. The van der Waals surface area contributed by atoms with Crippen LogP contribution in [0.1, 0.15) is 32.6 Å². The molecule has 5 heteroatoms. The van der Waals surface area contributed by atoms with Gasteiger partial charge in [-0.3, -0.25) is 4.79 Å². The molecule has 0 aromatic carbocycles. The summed E-state index contributed by atoms with van der Waals surface area (Å²) in [4.78, 5) is 14.6. The third kappa shape index (κ3) is 5.04. The highest BCUT2D eigenvalue weighted by atomic mass is 16.5. The summed E-state index contributed by atoms with van der Waals surface area (Å²) >= 11 is 0. The largest absolute Gasteiger partial charge is 0.385 e. The quantitative estimate of drug-likeness (QED) is 0.682. The van der Waals surface area contributed by atoms with Gasteiger partial charge in [-0.25, -0.2) is 0 Å². The van der Waals surface area contributed by atoms with Crippen LogP contribution < -0.4 is 5.73 Å². The number of carbonyl (C=O) groups is 1. The second-order valence-electron chi connectivity index (χ2n) is 5.76. The van der Waals surface area contributed by atoms with Crippen LogP contribution >= 0.6 is 0 Å². The van der Waals surface area contributed by atoms with Crippen LogP contribution in [0.2, 0.25) is 0 Å². The number of amides is 1. The van der Waals surface area contributed by atoms with Crippen LogP contribution in [0.4, 0.5) is 0 Å². The third-order valence-electron chi connectivity index (χ3n) is 4.27. The van der Waals surface area contributed by atoms with E-state index in [1.807, 2.05) is 4.90 Å². The number of hydrogen-bond donors (Lipinski definition) is 1. The molecule has 0 aromatic rings. The van der Waals surface area contributed by atoms with Crippen molar-refractivity contribution in [1.29, 1.82) is 0 Å². The highest BCUT2D eigenvalue weighted by Crippen LogP contribution is 2.29. The molecule has 0 bridgehead atoms. The molecule has 0 aliphatic heterocycles. The van der Waals surface area contributed by atoms with E-state index in [1.165, 1.54) is 0 Å². The number of nitrogens with two attached hydrogens (primary N) is 1. The number of rotatable bonds is 8. The Labute approximate surface area is 122 Å². The molecule has 0 aromatic heterocycles. The normalized spacial score (nSPS) is 26.5. The number of carbonyl (C=O) groups excluding carboxylic acids is 1. The van der Waals surface area contributed by atoms with E-state index in [0.717, 1.165) is 25.7 Å². The van der Waals surface area contributed by atoms with E-state index in [-0.39, 0.29) is 17.9 Å². The highest BCUT2D eigenvalue weighted by molar-refractivity contribution is 5.79. The fourth-order valence-electron chi connectivity index (χ4n) is 2.90. The molecule has 3 unspecified atom stereocenters. The molecule has 0 radical (unpaired) electrons. The van der Waals surface area contributed by atoms with Crippen molar-refractivity contribution in [1.82, 2.24) is 4.90 Å². The van der Waals surface area contributed by atoms with Crippen LogP contribution in [0.25, 0.3) is 0 Å². The van der Waals surface area contributed by atoms with Crippen molar-refractivity contribution in [3.05, 3.63) is 0 Å². The van der Waals surface area contributed by atoms with Gasteiger partial charge in [0.2, 0.25) is 5.91 Å². The van der Waals surface area contributed by atoms with Crippen LogP contribution in [0.3, 0.4) is 0 Å². The van der Waals surface area contributed by atoms with Gasteiger partial charge in [0.05, 0.1) is 12.5 Å². The molecule has 1 aliphatic carbocycles. The molecule has 1 rings (SSSR count). The first-order chi connectivity index (χ1) is 9.61. The van der Waals surface area contributed by atoms with Crippen LogP contribution in [0.15, 0.2) is 0 Å². The zero-order chi connectivity index (χ0) is 15.0. The number of ether oxygens (including phenoxy) is 2. The van der Waals surface area contributed by atoms with E-state index < -0.39 is 0 Å². The summed E-state index contributed by atoms with van der Waals surface area (Å²) in [5, 5.41) is 0. The Morgan fingerprint density at radius 1 is 1.20 bits per heavy atom. The maximum atomic E-state index is 12.7. The number of hydrogen-bond acceptors (Lipinski definition) is 4. The SMILES string of the molecule is COCCCN(CCOC)C(=O)C1CCCC(C)C1N. The first-order valence-corrected chi connectivity index (χ1v) is 7.64. The second kappa shape index (κ2) is 9.32. The molecule has 1 fully saturated rings. The lowest BCUT2D eigenvalue weighted by Gasteiger charge is -2.36. The Hall–Kier alpha value is -0.650. The van der Waals surface area contributed by atoms with Crippen molar-refractivity contribution >= 4 is 5.91 Å². The Kier molecular flexibility index (Phi) is 8.11. The summed E-state index contributed by atoms with van der Waals surface area (Å²) in [5.74, 6) is 0.594. The molecule has 5 nitrogen and oxygen atoms in total. The topological polar surface area (TPSA) is 64.8 Å². The van der Waals surface area contributed by atoms with E-state index in [2.05, 4.69) is 6.92 Å². The summed E-state index contributed by atoms with van der Waals surface area (Å²) in [6.07, 6.45) is 4.00. The van der Waals surface area contributed by atoms with Gasteiger partial charge in [-0.15, -0.1) is 0 Å². The van der Waals surface area contributed by atoms with Crippen molar-refractivity contribution < 1.29 is 14.3 Å². The Morgan fingerprint density at radius 3 is 2.55 bits per heavy atom. The second-order valence-corrected chi connectivity index (χ2v) is 5.76. The minimum atomic E-state index is -0.0295. The zero-order valence-corrected chi connectivity index (χ0v) is 13.1. The minimum absolute atomic E-state index is 0.0104. The molecule has 0 saturated heterocycles. The van der Waals surface area contributed by atoms with Crippen LogP contribution in [0.5, 0.6) is 0 Å². The van der Waals surface area contributed by atoms with Gasteiger partial charge >= 0.3 is 0 Å². The molecule has 1 aliphatic rings. The lowest BCUT2D eigenvalue weighted by Crippen LogP contribution is -2.49. The molecule has 20 heavy (non-hydrogen) atoms. The summed E-state index contributed by atoms with van der Waals surface area (Å²) in [6, 6.07) is -0.0104. The summed E-state index contributed by atoms with van der Waals surface area (Å²) in [6.45, 7) is 4.74. The Morgan fingerprint density at radius 2 is 1.90 bits per heavy atom. The lowest BCUT2D eigenvalue weighted by atomic mass is 9.77. The molecule has 3 atom stereocenters. The highest BCUT2D eigenvalue weighted by Gasteiger charge is 2.34. The zero-order valence-electron chi connectivity index (χ0n) is 13.1. The van der Waals surface area contributed by atoms with E-state index in [4.69, 9.17) is 15.2 Å². The van der Waals surface area contributed by atoms with Crippen molar-refractivity contribution in [2.45, 2.75) is 38.6 Å². The van der Waals surface area contributed by atoms with Crippen molar-refractivity contribution in [3.63, 3.8) is 0 Å². The van der Waals surface area contributed by atoms with Gasteiger partial charge in [0.25, 0.3) is 0 Å². The van der Waals surface area contributed by atoms with Crippen molar-refractivity contribution in [3.8, 4) is 0 Å². The van der Waals surface area contributed by atoms with E-state index in [9.17, 15) is 4.79 Å². The molecule has 0 heterocycles. The minimum Gasteiger partial charge on any atom is -0.385 e. The van der Waals surface area contributed by atoms with Crippen LogP contribution in [-0.4, -0.2) is 57.4 Å². The van der Waals surface area contributed by atoms with Gasteiger partial charge in [-0.05, 0) is 25.2 Å². The molecular weight excluding hydrogens is 256 g/mol. The lowest BCUT2D eigenvalue weighted by molar-refractivity contribution is -0.138. The van der Waals surface area contributed by atoms with E-state index in [0.29, 0.717) is 32.2 Å². The smallest absolute Gasteiger partial charge is 0.227 e. The monoisotopic (exact) mass is 286 g/mol. The van der Waals surface area contributed by atoms with Gasteiger partial charge in [-0.1, -0.05) is 13.3 Å². The van der Waals surface area contributed by atoms with Gasteiger partial charge in [0, 0.05) is 40.0 Å². The van der Waals surface area contributed by atoms with Crippen LogP contribution in [0, 0.1) is 11.8 Å². The van der Waals surface area contributed by atoms with Gasteiger partial charge in [0.15, 0.2) is 0 Å². The molecule has 0 spiro atoms. The molecule has 2 N–H and O–H groups in total. The first-order valence-electron chi connectivity index (χ1n) is 7.64. The predicted octanol–water partition coefficient (Wildman–Crippen LogP) is 1.26. The van der Waals surface area contributed by atoms with Crippen molar-refractivity contribution in [2.75, 3.05) is 40.5 Å². The Bertz CT molecular complexity index is 286. The maximum Gasteiger partial charge on any atom is 0.227 e. The fraction of sp³-hybridized carbons (Fsp3) is 0.933. The van der Waals surface area contributed by atoms with E-state index in [1.54, 1.807) is 14.2 Å². The average Bonchev–Trinajstić information content (AvgIpc) is 2.45. The fourth-order valence-corrected chi connectivity index (χ4v) is 2.90. The molecular formula is C15H30N2O3. The summed E-state index contributed by atoms with van der Waals surface area (Å²) in [5.41, 5.74) is 6.24. The third-order valence-corrected chi connectivity index (χ3v) is 4.27. The summed E-state index contributed by atoms with van der Waals surface area (Å²) in [7, 11) is 3.34. The molecule has 1 saturated carbocycles. The van der Waals surface area contributed by atoms with Gasteiger partial charge in [0.1, 0.15) is 0 Å². The van der Waals surface area contributed by atoms with E-state index >= 15 is 0 Å². The average molecular weight is 286 g/mol. The first kappa shape index (κ1) is 17.4. The van der Waals surface area contributed by atoms with Gasteiger partial charge < -0.3 is 20.1 Å². The molecule has 118 valence electrons. The number of nitrogens with zero attached hydrogens (tertiary/aromatic N) is 1. The van der Waals surface area contributed by atoms with Crippen LogP contribution in [-0.2, 0) is 14.3 Å². The molecule has 1 amide bonds. The Balaban J connectivity index is 2.59. The van der Waals surface area contributed by atoms with Gasteiger partial charge in [-0.2, -0.15) is 0 Å².